The van der Waals surface area contributed by atoms with Crippen molar-refractivity contribution < 1.29 is 0 Å². The maximum absolute atomic E-state index is 4.36. The van der Waals surface area contributed by atoms with E-state index in [1.54, 1.807) is 7.05 Å². The van der Waals surface area contributed by atoms with Crippen molar-refractivity contribution in [3.63, 3.8) is 0 Å². The van der Waals surface area contributed by atoms with Crippen LogP contribution < -0.4 is 10.6 Å². The number of hydrogen-bond acceptors (Lipinski definition) is 3. The van der Waals surface area contributed by atoms with Crippen LogP contribution in [0.1, 0.15) is 35.6 Å². The summed E-state index contributed by atoms with van der Waals surface area (Å²) in [5.41, 5.74) is 3.82. The third-order valence-electron chi connectivity index (χ3n) is 4.61. The minimum Gasteiger partial charge on any atom is -0.356 e. The van der Waals surface area contributed by atoms with Crippen LogP contribution in [0.2, 0.25) is 0 Å². The number of aromatic nitrogens is 2. The van der Waals surface area contributed by atoms with Crippen LogP contribution in [0, 0.1) is 6.92 Å². The van der Waals surface area contributed by atoms with Gasteiger partial charge >= 0.3 is 0 Å². The van der Waals surface area contributed by atoms with Gasteiger partial charge in [-0.1, -0.05) is 36.8 Å². The molecule has 2 atom stereocenters. The van der Waals surface area contributed by atoms with Crippen LogP contribution in [0.25, 0.3) is 0 Å². The molecule has 7 heteroatoms. The van der Waals surface area contributed by atoms with E-state index in [1.807, 2.05) is 17.9 Å². The molecule has 0 aliphatic rings. The van der Waals surface area contributed by atoms with Crippen molar-refractivity contribution in [3.8, 4) is 0 Å². The first kappa shape index (κ1) is 23.4. The first-order valence-electron chi connectivity index (χ1n) is 9.06. The predicted molar refractivity (Wildman–Crippen MR) is 124 cm³/mol. The molecule has 27 heavy (non-hydrogen) atoms. The second-order valence-corrected chi connectivity index (χ2v) is 7.08. The number of aliphatic imine (C=N–C) groups is 1. The highest BCUT2D eigenvalue weighted by molar-refractivity contribution is 14.0. The van der Waals surface area contributed by atoms with Gasteiger partial charge < -0.3 is 15.5 Å². The molecule has 2 aromatic rings. The smallest absolute Gasteiger partial charge is 0.191 e. The zero-order chi connectivity index (χ0) is 19.1. The Balaban J connectivity index is 0.00000364. The summed E-state index contributed by atoms with van der Waals surface area (Å²) in [5, 5.41) is 11.2. The first-order valence-corrected chi connectivity index (χ1v) is 9.06. The standard InChI is InChI=1S/C20H32N6.HI/c1-15-8-7-9-17(10-15)16(2)11-22-20(21-3)23-13-19(25(4)5)18-12-24-26(6)14-18;/h7-10,12,14,16,19H,11,13H2,1-6H3,(H2,21,22,23);1H. The zero-order valence-electron chi connectivity index (χ0n) is 17.2. The zero-order valence-corrected chi connectivity index (χ0v) is 19.6. The van der Waals surface area contributed by atoms with E-state index in [-0.39, 0.29) is 30.0 Å². The lowest BCUT2D eigenvalue weighted by molar-refractivity contribution is 0.298. The fraction of sp³-hybridized carbons (Fsp3) is 0.500. The summed E-state index contributed by atoms with van der Waals surface area (Å²) in [7, 11) is 7.91. The number of hydrogen-bond donors (Lipinski definition) is 2. The number of nitrogens with zero attached hydrogens (tertiary/aromatic N) is 4. The number of aryl methyl sites for hydroxylation is 2. The van der Waals surface area contributed by atoms with Gasteiger partial charge in [-0.15, -0.1) is 24.0 Å². The fourth-order valence-corrected chi connectivity index (χ4v) is 2.97. The summed E-state index contributed by atoms with van der Waals surface area (Å²) < 4.78 is 1.84. The van der Waals surface area contributed by atoms with Gasteiger partial charge in [-0.25, -0.2) is 0 Å². The first-order chi connectivity index (χ1) is 12.4. The average molecular weight is 484 g/mol. The number of benzene rings is 1. The van der Waals surface area contributed by atoms with E-state index in [0.717, 1.165) is 19.0 Å². The van der Waals surface area contributed by atoms with Crippen LogP contribution in [-0.2, 0) is 7.05 Å². The molecule has 0 saturated heterocycles. The molecular weight excluding hydrogens is 451 g/mol. The van der Waals surface area contributed by atoms with Gasteiger partial charge in [-0.05, 0) is 32.5 Å². The molecular formula is C20H33IN6. The Morgan fingerprint density at radius 3 is 2.48 bits per heavy atom. The summed E-state index contributed by atoms with van der Waals surface area (Å²) in [5.74, 6) is 1.23. The largest absolute Gasteiger partial charge is 0.356 e. The summed E-state index contributed by atoms with van der Waals surface area (Å²) in [6.07, 6.45) is 3.98. The lowest BCUT2D eigenvalue weighted by Crippen LogP contribution is -2.42. The molecule has 1 aromatic heterocycles. The highest BCUT2D eigenvalue weighted by Gasteiger charge is 2.16. The van der Waals surface area contributed by atoms with Crippen molar-refractivity contribution >= 4 is 29.9 Å². The van der Waals surface area contributed by atoms with Crippen LogP contribution in [0.5, 0.6) is 0 Å². The molecule has 1 heterocycles. The number of guanidine groups is 1. The van der Waals surface area contributed by atoms with Crippen LogP contribution in [0.4, 0.5) is 0 Å². The summed E-state index contributed by atoms with van der Waals surface area (Å²) >= 11 is 0. The molecule has 0 bridgehead atoms. The summed E-state index contributed by atoms with van der Waals surface area (Å²) in [4.78, 5) is 6.54. The van der Waals surface area contributed by atoms with Crippen molar-refractivity contribution in [2.24, 2.45) is 12.0 Å². The van der Waals surface area contributed by atoms with E-state index < -0.39 is 0 Å². The van der Waals surface area contributed by atoms with Gasteiger partial charge in [0.15, 0.2) is 5.96 Å². The molecule has 6 nitrogen and oxygen atoms in total. The molecule has 0 spiro atoms. The van der Waals surface area contributed by atoms with E-state index in [9.17, 15) is 0 Å². The quantitative estimate of drug-likeness (QED) is 0.361. The number of rotatable bonds is 7. The van der Waals surface area contributed by atoms with Crippen LogP contribution in [-0.4, -0.2) is 54.9 Å². The van der Waals surface area contributed by atoms with Gasteiger partial charge in [0.2, 0.25) is 0 Å². The monoisotopic (exact) mass is 484 g/mol. The molecule has 0 aliphatic heterocycles. The molecule has 0 radical (unpaired) electrons. The van der Waals surface area contributed by atoms with Crippen molar-refractivity contribution in [1.82, 2.24) is 25.3 Å². The van der Waals surface area contributed by atoms with Crippen LogP contribution >= 0.6 is 24.0 Å². The lowest BCUT2D eigenvalue weighted by atomic mass is 9.99. The van der Waals surface area contributed by atoms with Crippen molar-refractivity contribution in [2.75, 3.05) is 34.2 Å². The van der Waals surface area contributed by atoms with E-state index >= 15 is 0 Å². The molecule has 0 fully saturated rings. The fourth-order valence-electron chi connectivity index (χ4n) is 2.97. The third-order valence-corrected chi connectivity index (χ3v) is 4.61. The van der Waals surface area contributed by atoms with Crippen LogP contribution in [0.3, 0.4) is 0 Å². The second kappa shape index (κ2) is 11.3. The van der Waals surface area contributed by atoms with E-state index in [0.29, 0.717) is 5.92 Å². The molecule has 2 rings (SSSR count). The molecule has 2 unspecified atom stereocenters. The molecule has 0 saturated carbocycles. The van der Waals surface area contributed by atoms with Gasteiger partial charge in [-0.3, -0.25) is 9.67 Å². The predicted octanol–water partition coefficient (Wildman–Crippen LogP) is 2.92. The minimum atomic E-state index is 0. The highest BCUT2D eigenvalue weighted by Crippen LogP contribution is 2.17. The lowest BCUT2D eigenvalue weighted by Gasteiger charge is -2.25. The van der Waals surface area contributed by atoms with Crippen molar-refractivity contribution in [2.45, 2.75) is 25.8 Å². The molecule has 0 aliphatic carbocycles. The SMILES string of the molecule is CN=C(NCC(C)c1cccc(C)c1)NCC(c1cnn(C)c1)N(C)C.I. The minimum absolute atomic E-state index is 0. The normalized spacial score (nSPS) is 13.8. The molecule has 1 aromatic carbocycles. The van der Waals surface area contributed by atoms with E-state index in [2.05, 4.69) is 84.0 Å². The topological polar surface area (TPSA) is 57.5 Å². The number of halogens is 1. The van der Waals surface area contributed by atoms with Crippen molar-refractivity contribution in [3.05, 3.63) is 53.3 Å². The van der Waals surface area contributed by atoms with Crippen LogP contribution in [0.15, 0.2) is 41.7 Å². The van der Waals surface area contributed by atoms with E-state index in [4.69, 9.17) is 0 Å². The highest BCUT2D eigenvalue weighted by atomic mass is 127. The number of likely N-dealkylation sites (N-methyl/N-ethyl adjacent to an activating group) is 1. The summed E-state index contributed by atoms with van der Waals surface area (Å²) in [6, 6.07) is 8.90. The summed E-state index contributed by atoms with van der Waals surface area (Å²) in [6.45, 7) is 5.96. The Hall–Kier alpha value is -1.61. The second-order valence-electron chi connectivity index (χ2n) is 7.08. The molecule has 150 valence electrons. The van der Waals surface area contributed by atoms with Crippen molar-refractivity contribution in [1.29, 1.82) is 0 Å². The average Bonchev–Trinajstić information content (AvgIpc) is 3.03. The van der Waals surface area contributed by atoms with Gasteiger partial charge in [-0.2, -0.15) is 5.10 Å². The van der Waals surface area contributed by atoms with Gasteiger partial charge in [0.05, 0.1) is 12.2 Å². The van der Waals surface area contributed by atoms with E-state index in [1.165, 1.54) is 16.7 Å². The Morgan fingerprint density at radius 1 is 1.22 bits per heavy atom. The maximum Gasteiger partial charge on any atom is 0.191 e. The Bertz CT molecular complexity index is 725. The number of nitrogens with one attached hydrogen (secondary N) is 2. The van der Waals surface area contributed by atoms with Gasteiger partial charge in [0, 0.05) is 38.9 Å². The third kappa shape index (κ3) is 7.14. The Labute approximate surface area is 180 Å². The van der Waals surface area contributed by atoms with Gasteiger partial charge in [0.25, 0.3) is 0 Å². The Kier molecular flexibility index (Phi) is 9.79. The molecule has 2 N–H and O–H groups in total. The Morgan fingerprint density at radius 2 is 1.93 bits per heavy atom. The maximum atomic E-state index is 4.36. The molecule has 0 amide bonds. The van der Waals surface area contributed by atoms with Gasteiger partial charge in [0.1, 0.15) is 0 Å².